The van der Waals surface area contributed by atoms with E-state index in [4.69, 9.17) is 14.2 Å². The highest BCUT2D eigenvalue weighted by atomic mass is 16.7. The molecule has 0 radical (unpaired) electrons. The number of para-hydroxylation sites is 1. The predicted octanol–water partition coefficient (Wildman–Crippen LogP) is 3.99. The van der Waals surface area contributed by atoms with E-state index >= 15 is 0 Å². The smallest absolute Gasteiger partial charge is 0.259 e. The number of nitrogens with zero attached hydrogens (tertiary/aromatic N) is 1. The zero-order valence-corrected chi connectivity index (χ0v) is 15.1. The zero-order valence-electron chi connectivity index (χ0n) is 15.1. The maximum absolute atomic E-state index is 12.6. The Kier molecular flexibility index (Phi) is 3.76. The average molecular weight is 372 g/mol. The van der Waals surface area contributed by atoms with E-state index in [1.807, 2.05) is 54.6 Å². The van der Waals surface area contributed by atoms with Gasteiger partial charge in [0.05, 0.1) is 18.0 Å². The van der Waals surface area contributed by atoms with Crippen molar-refractivity contribution in [2.75, 3.05) is 13.9 Å². The average Bonchev–Trinajstić information content (AvgIpc) is 3.20. The van der Waals surface area contributed by atoms with Crippen LogP contribution in [0.25, 0.3) is 33.4 Å². The molecule has 0 saturated heterocycles. The molecule has 1 aliphatic heterocycles. The van der Waals surface area contributed by atoms with Gasteiger partial charge in [0.2, 0.25) is 6.79 Å². The van der Waals surface area contributed by atoms with Gasteiger partial charge in [-0.15, -0.1) is 0 Å². The molecule has 3 aromatic carbocycles. The molecule has 0 fully saturated rings. The second-order valence-electron chi connectivity index (χ2n) is 6.41. The SMILES string of the molecule is COc1ccc(-c2cc3c(cc2-c2nc4ccccc4c(=O)[nH]2)OCO3)cc1. The number of rotatable bonds is 3. The molecule has 28 heavy (non-hydrogen) atoms. The monoisotopic (exact) mass is 372 g/mol. The van der Waals surface area contributed by atoms with Gasteiger partial charge in [-0.1, -0.05) is 24.3 Å². The fourth-order valence-electron chi connectivity index (χ4n) is 3.36. The Bertz CT molecular complexity index is 1250. The van der Waals surface area contributed by atoms with E-state index in [0.717, 1.165) is 22.4 Å². The topological polar surface area (TPSA) is 73.4 Å². The van der Waals surface area contributed by atoms with Crippen molar-refractivity contribution in [3.05, 3.63) is 71.0 Å². The fraction of sp³-hybridized carbons (Fsp3) is 0.0909. The molecule has 0 aliphatic carbocycles. The van der Waals surface area contributed by atoms with Crippen LogP contribution in [-0.4, -0.2) is 23.9 Å². The number of aromatic nitrogens is 2. The van der Waals surface area contributed by atoms with Crippen LogP contribution in [0.3, 0.4) is 0 Å². The summed E-state index contributed by atoms with van der Waals surface area (Å²) in [5.41, 5.74) is 3.05. The van der Waals surface area contributed by atoms with Crippen LogP contribution in [0, 0.1) is 0 Å². The molecule has 0 amide bonds. The van der Waals surface area contributed by atoms with Gasteiger partial charge in [0.25, 0.3) is 5.56 Å². The first-order valence-electron chi connectivity index (χ1n) is 8.80. The highest BCUT2D eigenvalue weighted by Gasteiger charge is 2.20. The van der Waals surface area contributed by atoms with Crippen LogP contribution in [0.4, 0.5) is 0 Å². The van der Waals surface area contributed by atoms with Crippen molar-refractivity contribution in [2.24, 2.45) is 0 Å². The standard InChI is InChI=1S/C22H16N2O4/c1-26-14-8-6-13(7-9-14)16-10-19-20(28-12-27-19)11-17(16)21-23-18-5-3-2-4-15(18)22(25)24-21/h2-11H,12H2,1H3,(H,23,24,25). The molecule has 0 bridgehead atoms. The summed E-state index contributed by atoms with van der Waals surface area (Å²) in [5, 5.41) is 0.554. The number of aromatic amines is 1. The van der Waals surface area contributed by atoms with E-state index in [1.54, 1.807) is 13.2 Å². The molecule has 0 saturated carbocycles. The molecule has 6 nitrogen and oxygen atoms in total. The Morgan fingerprint density at radius 2 is 1.68 bits per heavy atom. The highest BCUT2D eigenvalue weighted by Crippen LogP contribution is 2.42. The van der Waals surface area contributed by atoms with E-state index in [2.05, 4.69) is 9.97 Å². The van der Waals surface area contributed by atoms with Crippen molar-refractivity contribution in [3.63, 3.8) is 0 Å². The largest absolute Gasteiger partial charge is 0.497 e. The lowest BCUT2D eigenvalue weighted by atomic mass is 9.98. The number of H-pyrrole nitrogens is 1. The number of methoxy groups -OCH3 is 1. The molecular weight excluding hydrogens is 356 g/mol. The van der Waals surface area contributed by atoms with E-state index in [0.29, 0.717) is 28.2 Å². The molecule has 2 heterocycles. The van der Waals surface area contributed by atoms with Crippen LogP contribution in [0.5, 0.6) is 17.2 Å². The first-order chi connectivity index (χ1) is 13.7. The van der Waals surface area contributed by atoms with Crippen molar-refractivity contribution < 1.29 is 14.2 Å². The van der Waals surface area contributed by atoms with Crippen molar-refractivity contribution in [3.8, 4) is 39.8 Å². The normalized spacial score (nSPS) is 12.3. The first-order valence-corrected chi connectivity index (χ1v) is 8.80. The fourth-order valence-corrected chi connectivity index (χ4v) is 3.36. The predicted molar refractivity (Wildman–Crippen MR) is 106 cm³/mol. The molecule has 6 heteroatoms. The third-order valence-electron chi connectivity index (χ3n) is 4.78. The third-order valence-corrected chi connectivity index (χ3v) is 4.78. The number of nitrogens with one attached hydrogen (secondary N) is 1. The lowest BCUT2D eigenvalue weighted by molar-refractivity contribution is 0.174. The third kappa shape index (κ3) is 2.66. The van der Waals surface area contributed by atoms with Crippen molar-refractivity contribution in [1.82, 2.24) is 9.97 Å². The van der Waals surface area contributed by atoms with Gasteiger partial charge in [-0.2, -0.15) is 0 Å². The van der Waals surface area contributed by atoms with Gasteiger partial charge < -0.3 is 19.2 Å². The summed E-state index contributed by atoms with van der Waals surface area (Å²) in [7, 11) is 1.63. The first kappa shape index (κ1) is 16.4. The van der Waals surface area contributed by atoms with Gasteiger partial charge in [0.15, 0.2) is 11.5 Å². The number of benzene rings is 3. The molecule has 138 valence electrons. The minimum atomic E-state index is -0.182. The van der Waals surface area contributed by atoms with Crippen LogP contribution in [0.2, 0.25) is 0 Å². The minimum Gasteiger partial charge on any atom is -0.497 e. The summed E-state index contributed by atoms with van der Waals surface area (Å²) >= 11 is 0. The molecule has 0 spiro atoms. The maximum Gasteiger partial charge on any atom is 0.259 e. The molecular formula is C22H16N2O4. The van der Waals surface area contributed by atoms with Crippen molar-refractivity contribution >= 4 is 10.9 Å². The van der Waals surface area contributed by atoms with Gasteiger partial charge in [-0.3, -0.25) is 4.79 Å². The molecule has 4 aromatic rings. The number of ether oxygens (including phenoxy) is 3. The Hall–Kier alpha value is -3.80. The molecule has 1 aliphatic rings. The van der Waals surface area contributed by atoms with Gasteiger partial charge in [0.1, 0.15) is 11.6 Å². The van der Waals surface area contributed by atoms with Gasteiger partial charge in [-0.05, 0) is 47.5 Å². The van der Waals surface area contributed by atoms with Crippen LogP contribution in [-0.2, 0) is 0 Å². The molecule has 0 unspecified atom stereocenters. The summed E-state index contributed by atoms with van der Waals surface area (Å²) in [4.78, 5) is 20.1. The van der Waals surface area contributed by atoms with Crippen LogP contribution < -0.4 is 19.8 Å². The van der Waals surface area contributed by atoms with Crippen molar-refractivity contribution in [2.45, 2.75) is 0 Å². The van der Waals surface area contributed by atoms with Crippen LogP contribution in [0.1, 0.15) is 0 Å². The van der Waals surface area contributed by atoms with E-state index in [-0.39, 0.29) is 12.4 Å². The number of hydrogen-bond donors (Lipinski definition) is 1. The van der Waals surface area contributed by atoms with Gasteiger partial charge in [0, 0.05) is 5.56 Å². The quantitative estimate of drug-likeness (QED) is 0.589. The number of hydrogen-bond acceptors (Lipinski definition) is 5. The summed E-state index contributed by atoms with van der Waals surface area (Å²) < 4.78 is 16.3. The Labute approximate surface area is 160 Å². The summed E-state index contributed by atoms with van der Waals surface area (Å²) in [5.74, 6) is 2.54. The van der Waals surface area contributed by atoms with E-state index in [1.165, 1.54) is 0 Å². The Balaban J connectivity index is 1.75. The lowest BCUT2D eigenvalue weighted by Crippen LogP contribution is -2.09. The second kappa shape index (κ2) is 6.42. The molecule has 0 atom stereocenters. The van der Waals surface area contributed by atoms with Gasteiger partial charge >= 0.3 is 0 Å². The van der Waals surface area contributed by atoms with Gasteiger partial charge in [-0.25, -0.2) is 4.98 Å². The van der Waals surface area contributed by atoms with E-state index in [9.17, 15) is 4.79 Å². The highest BCUT2D eigenvalue weighted by molar-refractivity contribution is 5.86. The van der Waals surface area contributed by atoms with Crippen LogP contribution >= 0.6 is 0 Å². The van der Waals surface area contributed by atoms with E-state index < -0.39 is 0 Å². The summed E-state index contributed by atoms with van der Waals surface area (Å²) in [6.07, 6.45) is 0. The summed E-state index contributed by atoms with van der Waals surface area (Å²) in [6, 6.07) is 18.7. The Morgan fingerprint density at radius 3 is 2.43 bits per heavy atom. The summed E-state index contributed by atoms with van der Waals surface area (Å²) in [6.45, 7) is 0.169. The van der Waals surface area contributed by atoms with Crippen LogP contribution in [0.15, 0.2) is 65.5 Å². The number of fused-ring (bicyclic) bond motifs is 2. The molecule has 1 N–H and O–H groups in total. The maximum atomic E-state index is 12.6. The lowest BCUT2D eigenvalue weighted by Gasteiger charge is -2.12. The second-order valence-corrected chi connectivity index (χ2v) is 6.41. The Morgan fingerprint density at radius 1 is 0.964 bits per heavy atom. The van der Waals surface area contributed by atoms with Crippen molar-refractivity contribution in [1.29, 1.82) is 0 Å². The zero-order chi connectivity index (χ0) is 19.1. The minimum absolute atomic E-state index is 0.169. The molecule has 5 rings (SSSR count). The molecule has 1 aromatic heterocycles.